The van der Waals surface area contributed by atoms with Crippen LogP contribution in [0.25, 0.3) is 0 Å². The fourth-order valence-electron chi connectivity index (χ4n) is 2.80. The molecule has 1 aliphatic heterocycles. The molecule has 0 saturated heterocycles. The van der Waals surface area contributed by atoms with Crippen molar-refractivity contribution >= 4 is 50.9 Å². The molecule has 26 heavy (non-hydrogen) atoms. The topological polar surface area (TPSA) is 63.1 Å². The van der Waals surface area contributed by atoms with Crippen LogP contribution in [0.1, 0.15) is 0 Å². The van der Waals surface area contributed by atoms with Crippen LogP contribution < -0.4 is 10.2 Å². The van der Waals surface area contributed by atoms with E-state index in [1.165, 1.54) is 11.8 Å². The Bertz CT molecular complexity index is 913. The number of carbonyl (C=O) groups is 1. The summed E-state index contributed by atoms with van der Waals surface area (Å²) < 4.78 is 3.04. The third-order valence-electron chi connectivity index (χ3n) is 4.01. The average Bonchev–Trinajstić information content (AvgIpc) is 3.25. The molecule has 0 radical (unpaired) electrons. The lowest BCUT2D eigenvalue weighted by Gasteiger charge is -2.14. The second-order valence-electron chi connectivity index (χ2n) is 5.77. The van der Waals surface area contributed by atoms with E-state index in [0.29, 0.717) is 5.75 Å². The molecule has 0 aliphatic carbocycles. The molecular formula is C18H16BrN5OS. The first-order valence-corrected chi connectivity index (χ1v) is 9.92. The maximum absolute atomic E-state index is 12.2. The van der Waals surface area contributed by atoms with Crippen molar-refractivity contribution in [1.29, 1.82) is 0 Å². The van der Waals surface area contributed by atoms with Gasteiger partial charge in [0.05, 0.1) is 5.75 Å². The molecule has 1 aliphatic rings. The average molecular weight is 430 g/mol. The molecule has 1 aromatic heterocycles. The van der Waals surface area contributed by atoms with E-state index >= 15 is 0 Å². The van der Waals surface area contributed by atoms with Crippen molar-refractivity contribution in [1.82, 2.24) is 14.8 Å². The van der Waals surface area contributed by atoms with Gasteiger partial charge in [-0.05, 0) is 36.4 Å². The summed E-state index contributed by atoms with van der Waals surface area (Å²) in [6.07, 6.45) is 0. The SMILES string of the molecule is O=C(CSc1nnc2n1CCN2c1ccccc1)Nc1ccc(Br)cc1. The van der Waals surface area contributed by atoms with Crippen LogP contribution in [0.15, 0.2) is 64.2 Å². The summed E-state index contributed by atoms with van der Waals surface area (Å²) in [4.78, 5) is 14.3. The van der Waals surface area contributed by atoms with Crippen LogP contribution in [0.4, 0.5) is 17.3 Å². The lowest BCUT2D eigenvalue weighted by Crippen LogP contribution is -2.14. The number of thioether (sulfide) groups is 1. The Balaban J connectivity index is 1.39. The van der Waals surface area contributed by atoms with Gasteiger partial charge >= 0.3 is 0 Å². The molecule has 3 aromatic rings. The molecule has 1 amide bonds. The maximum atomic E-state index is 12.2. The molecule has 132 valence electrons. The minimum absolute atomic E-state index is 0.0624. The summed E-state index contributed by atoms with van der Waals surface area (Å²) in [5, 5.41) is 12.2. The number of hydrogen-bond donors (Lipinski definition) is 1. The van der Waals surface area contributed by atoms with E-state index in [9.17, 15) is 4.79 Å². The lowest BCUT2D eigenvalue weighted by molar-refractivity contribution is -0.113. The van der Waals surface area contributed by atoms with E-state index in [1.807, 2.05) is 42.5 Å². The number of aromatic nitrogens is 3. The molecular weight excluding hydrogens is 414 g/mol. The zero-order chi connectivity index (χ0) is 17.9. The Kier molecular flexibility index (Phi) is 4.94. The molecule has 6 nitrogen and oxygen atoms in total. The Labute approximate surface area is 163 Å². The van der Waals surface area contributed by atoms with Gasteiger partial charge in [0.2, 0.25) is 11.9 Å². The van der Waals surface area contributed by atoms with Crippen molar-refractivity contribution in [2.24, 2.45) is 0 Å². The highest BCUT2D eigenvalue weighted by Crippen LogP contribution is 2.31. The van der Waals surface area contributed by atoms with Crippen molar-refractivity contribution in [2.75, 3.05) is 22.5 Å². The van der Waals surface area contributed by atoms with Gasteiger partial charge in [-0.1, -0.05) is 45.9 Å². The molecule has 2 heterocycles. The monoisotopic (exact) mass is 429 g/mol. The smallest absolute Gasteiger partial charge is 0.234 e. The Hall–Kier alpha value is -2.32. The zero-order valence-corrected chi connectivity index (χ0v) is 16.2. The Morgan fingerprint density at radius 2 is 1.85 bits per heavy atom. The number of hydrogen-bond acceptors (Lipinski definition) is 5. The molecule has 0 spiro atoms. The van der Waals surface area contributed by atoms with E-state index < -0.39 is 0 Å². The molecule has 0 saturated carbocycles. The van der Waals surface area contributed by atoms with Crippen LogP contribution in [0.3, 0.4) is 0 Å². The summed E-state index contributed by atoms with van der Waals surface area (Å²) in [5.74, 6) is 1.05. The number of benzene rings is 2. The fraction of sp³-hybridized carbons (Fsp3) is 0.167. The molecule has 0 atom stereocenters. The molecule has 2 aromatic carbocycles. The summed E-state index contributed by atoms with van der Waals surface area (Å²) in [6, 6.07) is 17.6. The second-order valence-corrected chi connectivity index (χ2v) is 7.62. The van der Waals surface area contributed by atoms with Crippen molar-refractivity contribution in [3.05, 3.63) is 59.1 Å². The van der Waals surface area contributed by atoms with Crippen LogP contribution in [0, 0.1) is 0 Å². The number of rotatable bonds is 5. The highest BCUT2D eigenvalue weighted by molar-refractivity contribution is 9.10. The van der Waals surface area contributed by atoms with Crippen molar-refractivity contribution in [3.63, 3.8) is 0 Å². The quantitative estimate of drug-likeness (QED) is 0.622. The van der Waals surface area contributed by atoms with Crippen LogP contribution in [0.2, 0.25) is 0 Å². The van der Waals surface area contributed by atoms with Crippen LogP contribution >= 0.6 is 27.7 Å². The number of carbonyl (C=O) groups excluding carboxylic acids is 1. The van der Waals surface area contributed by atoms with Gasteiger partial charge in [0.25, 0.3) is 0 Å². The number of halogens is 1. The van der Waals surface area contributed by atoms with Gasteiger partial charge in [0, 0.05) is 28.9 Å². The molecule has 4 rings (SSSR count). The first-order valence-electron chi connectivity index (χ1n) is 8.15. The molecule has 0 fully saturated rings. The van der Waals surface area contributed by atoms with Crippen molar-refractivity contribution in [2.45, 2.75) is 11.7 Å². The summed E-state index contributed by atoms with van der Waals surface area (Å²) >= 11 is 4.78. The molecule has 0 bridgehead atoms. The molecule has 8 heteroatoms. The highest BCUT2D eigenvalue weighted by atomic mass is 79.9. The van der Waals surface area contributed by atoms with E-state index in [2.05, 4.69) is 53.0 Å². The Morgan fingerprint density at radius 3 is 2.62 bits per heavy atom. The largest absolute Gasteiger partial charge is 0.325 e. The van der Waals surface area contributed by atoms with Gasteiger partial charge in [0.15, 0.2) is 5.16 Å². The first kappa shape index (κ1) is 17.1. The minimum Gasteiger partial charge on any atom is -0.325 e. The Morgan fingerprint density at radius 1 is 1.08 bits per heavy atom. The molecule has 1 N–H and O–H groups in total. The number of fused-ring (bicyclic) bond motifs is 1. The maximum Gasteiger partial charge on any atom is 0.234 e. The summed E-state index contributed by atoms with van der Waals surface area (Å²) in [6.45, 7) is 1.67. The van der Waals surface area contributed by atoms with Crippen LogP contribution in [-0.2, 0) is 11.3 Å². The lowest BCUT2D eigenvalue weighted by atomic mass is 10.3. The van der Waals surface area contributed by atoms with Gasteiger partial charge in [-0.25, -0.2) is 0 Å². The van der Waals surface area contributed by atoms with Gasteiger partial charge in [-0.2, -0.15) is 0 Å². The van der Waals surface area contributed by atoms with E-state index in [0.717, 1.165) is 40.0 Å². The van der Waals surface area contributed by atoms with Gasteiger partial charge in [-0.3, -0.25) is 9.36 Å². The predicted molar refractivity (Wildman–Crippen MR) is 107 cm³/mol. The normalized spacial score (nSPS) is 12.9. The summed E-state index contributed by atoms with van der Waals surface area (Å²) in [5.41, 5.74) is 1.88. The van der Waals surface area contributed by atoms with Crippen LogP contribution in [0.5, 0.6) is 0 Å². The number of amides is 1. The minimum atomic E-state index is -0.0624. The third kappa shape index (κ3) is 3.61. The second kappa shape index (κ2) is 7.51. The fourth-order valence-corrected chi connectivity index (χ4v) is 3.82. The van der Waals surface area contributed by atoms with E-state index in [1.54, 1.807) is 0 Å². The summed E-state index contributed by atoms with van der Waals surface area (Å²) in [7, 11) is 0. The van der Waals surface area contributed by atoms with E-state index in [-0.39, 0.29) is 5.91 Å². The third-order valence-corrected chi connectivity index (χ3v) is 5.51. The van der Waals surface area contributed by atoms with Crippen LogP contribution in [-0.4, -0.2) is 33.0 Å². The zero-order valence-electron chi connectivity index (χ0n) is 13.8. The standard InChI is InChI=1S/C18H16BrN5OS/c19-13-6-8-14(9-7-13)20-16(25)12-26-18-22-21-17-23(10-11-24(17)18)15-4-2-1-3-5-15/h1-9H,10-12H2,(H,20,25). The van der Waals surface area contributed by atoms with E-state index in [4.69, 9.17) is 0 Å². The van der Waals surface area contributed by atoms with Gasteiger partial charge in [0.1, 0.15) is 0 Å². The first-order chi connectivity index (χ1) is 12.7. The molecule has 0 unspecified atom stereocenters. The highest BCUT2D eigenvalue weighted by Gasteiger charge is 2.26. The number of anilines is 3. The van der Waals surface area contributed by atoms with Crippen molar-refractivity contribution < 1.29 is 4.79 Å². The number of para-hydroxylation sites is 1. The predicted octanol–water partition coefficient (Wildman–Crippen LogP) is 3.92. The number of nitrogens with zero attached hydrogens (tertiary/aromatic N) is 4. The van der Waals surface area contributed by atoms with Crippen molar-refractivity contribution in [3.8, 4) is 0 Å². The van der Waals surface area contributed by atoms with Gasteiger partial charge in [-0.15, -0.1) is 10.2 Å². The number of nitrogens with one attached hydrogen (secondary N) is 1. The van der Waals surface area contributed by atoms with Gasteiger partial charge < -0.3 is 10.2 Å².